The van der Waals surface area contributed by atoms with E-state index in [1.807, 2.05) is 12.1 Å². The summed E-state index contributed by atoms with van der Waals surface area (Å²) >= 11 is 0. The molecule has 2 aromatic carbocycles. The maximum atomic E-state index is 12.6. The number of ketones is 1. The van der Waals surface area contributed by atoms with Crippen molar-refractivity contribution >= 4 is 17.8 Å². The van der Waals surface area contributed by atoms with Crippen LogP contribution in [0.25, 0.3) is 6.08 Å². The second-order valence-corrected chi connectivity index (χ2v) is 8.24. The van der Waals surface area contributed by atoms with Gasteiger partial charge in [-0.15, -0.1) is 0 Å². The van der Waals surface area contributed by atoms with Crippen molar-refractivity contribution in [2.45, 2.75) is 33.1 Å². The molecule has 0 saturated heterocycles. The lowest BCUT2D eigenvalue weighted by Crippen LogP contribution is -2.13. The Hall–Kier alpha value is -3.60. The first-order valence-electron chi connectivity index (χ1n) is 9.68. The Labute approximate surface area is 174 Å². The zero-order valence-corrected chi connectivity index (χ0v) is 17.3. The number of carbonyl (C=O) groups excluding carboxylic acids is 2. The number of rotatable bonds is 3. The van der Waals surface area contributed by atoms with E-state index in [-0.39, 0.29) is 17.0 Å². The second kappa shape index (κ2) is 7.34. The van der Waals surface area contributed by atoms with E-state index in [1.54, 1.807) is 49.4 Å². The lowest BCUT2D eigenvalue weighted by Gasteiger charge is -2.19. The van der Waals surface area contributed by atoms with E-state index in [4.69, 9.17) is 13.9 Å². The molecular weight excluding hydrogens is 380 g/mol. The number of furan rings is 1. The van der Waals surface area contributed by atoms with E-state index in [2.05, 4.69) is 20.8 Å². The third-order valence-corrected chi connectivity index (χ3v) is 5.04. The molecule has 5 nitrogen and oxygen atoms in total. The fraction of sp³-hybridized carbons (Fsp3) is 0.200. The first-order chi connectivity index (χ1) is 14.2. The zero-order chi connectivity index (χ0) is 21.5. The van der Waals surface area contributed by atoms with E-state index in [0.717, 1.165) is 5.56 Å². The van der Waals surface area contributed by atoms with Crippen molar-refractivity contribution in [1.82, 2.24) is 0 Å². The van der Waals surface area contributed by atoms with Crippen molar-refractivity contribution in [3.05, 3.63) is 88.6 Å². The number of ether oxygens (including phenoxy) is 2. The largest absolute Gasteiger partial charge is 0.465 e. The molecule has 0 saturated carbocycles. The standard InChI is InChI=1S/C25H22O5/c1-15-20(30-24(27)16-7-9-17(10-8-16)25(2,3)4)12-11-19-22(26)21(29-23(15)19)14-18-6-5-13-28-18/h5-14H,1-4H3/b21-14-. The molecule has 0 atom stereocenters. The third kappa shape index (κ3) is 3.66. The molecule has 0 N–H and O–H groups in total. The van der Waals surface area contributed by atoms with Crippen molar-refractivity contribution < 1.29 is 23.5 Å². The van der Waals surface area contributed by atoms with Crippen molar-refractivity contribution in [3.8, 4) is 11.5 Å². The highest BCUT2D eigenvalue weighted by Gasteiger charge is 2.31. The van der Waals surface area contributed by atoms with Crippen LogP contribution in [0.4, 0.5) is 0 Å². The van der Waals surface area contributed by atoms with Gasteiger partial charge in [0.25, 0.3) is 0 Å². The maximum Gasteiger partial charge on any atom is 0.343 e. The van der Waals surface area contributed by atoms with Gasteiger partial charge in [0.2, 0.25) is 5.78 Å². The Kier molecular flexibility index (Phi) is 4.82. The molecule has 4 rings (SSSR count). The fourth-order valence-electron chi connectivity index (χ4n) is 3.25. The second-order valence-electron chi connectivity index (χ2n) is 8.24. The molecule has 3 aromatic rings. The van der Waals surface area contributed by atoms with E-state index in [1.165, 1.54) is 6.26 Å². The van der Waals surface area contributed by atoms with Crippen molar-refractivity contribution in [2.24, 2.45) is 0 Å². The summed E-state index contributed by atoms with van der Waals surface area (Å²) in [7, 11) is 0. The predicted molar refractivity (Wildman–Crippen MR) is 113 cm³/mol. The normalized spacial score (nSPS) is 14.5. The third-order valence-electron chi connectivity index (χ3n) is 5.04. The number of allylic oxidation sites excluding steroid dienone is 1. The van der Waals surface area contributed by atoms with Crippen LogP contribution in [-0.2, 0) is 5.41 Å². The molecule has 0 radical (unpaired) electrons. The summed E-state index contributed by atoms with van der Waals surface area (Å²) in [5.74, 6) is 0.740. The van der Waals surface area contributed by atoms with Gasteiger partial charge in [-0.3, -0.25) is 4.79 Å². The number of fused-ring (bicyclic) bond motifs is 1. The Bertz CT molecular complexity index is 1140. The van der Waals surface area contributed by atoms with Crippen LogP contribution in [-0.4, -0.2) is 11.8 Å². The van der Waals surface area contributed by atoms with Gasteiger partial charge in [-0.05, 0) is 54.3 Å². The topological polar surface area (TPSA) is 65.7 Å². The zero-order valence-electron chi connectivity index (χ0n) is 17.3. The number of hydrogen-bond donors (Lipinski definition) is 0. The smallest absolute Gasteiger partial charge is 0.343 e. The minimum atomic E-state index is -0.464. The van der Waals surface area contributed by atoms with Gasteiger partial charge in [-0.25, -0.2) is 4.79 Å². The molecule has 0 bridgehead atoms. The van der Waals surface area contributed by atoms with Gasteiger partial charge in [0.15, 0.2) is 5.76 Å². The molecule has 0 spiro atoms. The number of carbonyl (C=O) groups is 2. The van der Waals surface area contributed by atoms with E-state index in [0.29, 0.717) is 33.9 Å². The predicted octanol–water partition coefficient (Wildman–Crippen LogP) is 5.72. The average molecular weight is 402 g/mol. The molecule has 1 aliphatic heterocycles. The molecule has 152 valence electrons. The first kappa shape index (κ1) is 19.7. The highest BCUT2D eigenvalue weighted by molar-refractivity contribution is 6.14. The Morgan fingerprint density at radius 3 is 2.40 bits per heavy atom. The summed E-state index contributed by atoms with van der Waals surface area (Å²) in [5, 5.41) is 0. The Morgan fingerprint density at radius 1 is 1.03 bits per heavy atom. The van der Waals surface area contributed by atoms with E-state index in [9.17, 15) is 9.59 Å². The lowest BCUT2D eigenvalue weighted by molar-refractivity contribution is 0.0733. The van der Waals surface area contributed by atoms with E-state index < -0.39 is 5.97 Å². The molecule has 1 aromatic heterocycles. The number of esters is 1. The molecule has 1 aliphatic rings. The number of Topliss-reactive ketones (excluding diaryl/α,β-unsaturated/α-hetero) is 1. The first-order valence-corrected chi connectivity index (χ1v) is 9.68. The number of hydrogen-bond acceptors (Lipinski definition) is 5. The molecule has 30 heavy (non-hydrogen) atoms. The van der Waals surface area contributed by atoms with Gasteiger partial charge in [0, 0.05) is 11.6 Å². The molecule has 0 fully saturated rings. The highest BCUT2D eigenvalue weighted by Crippen LogP contribution is 2.39. The molecule has 0 unspecified atom stereocenters. The van der Waals surface area contributed by atoms with Crippen LogP contribution in [0.15, 0.2) is 65.0 Å². The molecule has 0 amide bonds. The summed E-state index contributed by atoms with van der Waals surface area (Å²) in [6, 6.07) is 14.1. The molecular formula is C25H22O5. The van der Waals surface area contributed by atoms with Gasteiger partial charge in [-0.1, -0.05) is 32.9 Å². The van der Waals surface area contributed by atoms with Gasteiger partial charge in [0.1, 0.15) is 17.3 Å². The summed E-state index contributed by atoms with van der Waals surface area (Å²) in [6.45, 7) is 8.10. The Balaban J connectivity index is 1.56. The van der Waals surface area contributed by atoms with Crippen LogP contribution in [0.5, 0.6) is 11.5 Å². The van der Waals surface area contributed by atoms with Gasteiger partial charge < -0.3 is 13.9 Å². The average Bonchev–Trinajstić information content (AvgIpc) is 3.33. The number of benzene rings is 2. The maximum absolute atomic E-state index is 12.6. The summed E-state index contributed by atoms with van der Waals surface area (Å²) in [6.07, 6.45) is 3.07. The quantitative estimate of drug-likeness (QED) is 0.318. The van der Waals surface area contributed by atoms with Crippen LogP contribution in [0.1, 0.15) is 58.4 Å². The minimum Gasteiger partial charge on any atom is -0.465 e. The monoisotopic (exact) mass is 402 g/mol. The van der Waals surface area contributed by atoms with Crippen LogP contribution < -0.4 is 9.47 Å². The molecule has 5 heteroatoms. The fourth-order valence-corrected chi connectivity index (χ4v) is 3.25. The van der Waals surface area contributed by atoms with Crippen LogP contribution in [0.2, 0.25) is 0 Å². The van der Waals surface area contributed by atoms with Crippen molar-refractivity contribution in [3.63, 3.8) is 0 Å². The summed E-state index contributed by atoms with van der Waals surface area (Å²) in [5.41, 5.74) is 2.61. The Morgan fingerprint density at radius 2 is 1.77 bits per heavy atom. The molecule has 0 aliphatic carbocycles. The SMILES string of the molecule is Cc1c(OC(=O)c2ccc(C(C)(C)C)cc2)ccc2c1O/C(=C\c1ccco1)C2=O. The van der Waals surface area contributed by atoms with Crippen LogP contribution in [0, 0.1) is 6.92 Å². The van der Waals surface area contributed by atoms with Crippen LogP contribution in [0.3, 0.4) is 0 Å². The van der Waals surface area contributed by atoms with Gasteiger partial charge in [0.05, 0.1) is 17.4 Å². The van der Waals surface area contributed by atoms with Crippen molar-refractivity contribution in [1.29, 1.82) is 0 Å². The van der Waals surface area contributed by atoms with E-state index >= 15 is 0 Å². The van der Waals surface area contributed by atoms with Gasteiger partial charge in [-0.2, -0.15) is 0 Å². The van der Waals surface area contributed by atoms with Crippen molar-refractivity contribution in [2.75, 3.05) is 0 Å². The summed E-state index contributed by atoms with van der Waals surface area (Å²) in [4.78, 5) is 25.2. The molecule has 2 heterocycles. The lowest BCUT2D eigenvalue weighted by atomic mass is 9.87. The minimum absolute atomic E-state index is 0.00372. The highest BCUT2D eigenvalue weighted by atomic mass is 16.5. The summed E-state index contributed by atoms with van der Waals surface area (Å²) < 4.78 is 16.6. The van der Waals surface area contributed by atoms with Crippen LogP contribution >= 0.6 is 0 Å². The van der Waals surface area contributed by atoms with Gasteiger partial charge >= 0.3 is 5.97 Å².